The van der Waals surface area contributed by atoms with Gasteiger partial charge in [-0.3, -0.25) is 4.79 Å². The van der Waals surface area contributed by atoms with E-state index >= 15 is 0 Å². The summed E-state index contributed by atoms with van der Waals surface area (Å²) in [4.78, 5) is 12.0. The molecule has 146 valence electrons. The maximum Gasteiger partial charge on any atom is 0.316 e. The predicted molar refractivity (Wildman–Crippen MR) is 107 cm³/mol. The molecule has 28 heavy (non-hydrogen) atoms. The van der Waals surface area contributed by atoms with Crippen LogP contribution >= 0.6 is 11.8 Å². The quantitative estimate of drug-likeness (QED) is 0.327. The van der Waals surface area contributed by atoms with Crippen LogP contribution in [0.5, 0.6) is 5.75 Å². The van der Waals surface area contributed by atoms with E-state index in [0.29, 0.717) is 11.8 Å². The number of tetrazole rings is 1. The Bertz CT molecular complexity index is 958. The van der Waals surface area contributed by atoms with Gasteiger partial charge in [0.15, 0.2) is 0 Å². The van der Waals surface area contributed by atoms with Crippen molar-refractivity contribution >= 4 is 17.7 Å². The average molecular weight is 398 g/mol. The topological polar surface area (TPSA) is 79.1 Å². The Morgan fingerprint density at radius 1 is 1.07 bits per heavy atom. The first-order chi connectivity index (χ1) is 13.5. The van der Waals surface area contributed by atoms with Gasteiger partial charge >= 0.3 is 5.97 Å². The standard InChI is InChI=1S/C20H22N4O3S/c1-14-5-4-6-17(11-14)26-9-10-27-19(25)13-28-20-21-22-23-24(20)18-12-15(2)7-8-16(18)3/h4-8,11-12H,9-10,13H2,1-3H3. The molecule has 0 unspecified atom stereocenters. The molecule has 3 rings (SSSR count). The highest BCUT2D eigenvalue weighted by atomic mass is 32.2. The first kappa shape index (κ1) is 19.9. The molecule has 0 saturated heterocycles. The van der Waals surface area contributed by atoms with Gasteiger partial charge in [0.05, 0.1) is 11.4 Å². The fourth-order valence-electron chi connectivity index (χ4n) is 2.55. The highest BCUT2D eigenvalue weighted by Gasteiger charge is 2.14. The second kappa shape index (κ2) is 9.36. The number of hydrogen-bond donors (Lipinski definition) is 0. The van der Waals surface area contributed by atoms with Gasteiger partial charge in [0.2, 0.25) is 5.16 Å². The lowest BCUT2D eigenvalue weighted by molar-refractivity contribution is -0.141. The third kappa shape index (κ3) is 5.32. The minimum absolute atomic E-state index is 0.121. The molecule has 0 bridgehead atoms. The highest BCUT2D eigenvalue weighted by Crippen LogP contribution is 2.21. The van der Waals surface area contributed by atoms with Crippen LogP contribution in [0.2, 0.25) is 0 Å². The molecule has 2 aromatic carbocycles. The predicted octanol–water partition coefficient (Wildman–Crippen LogP) is 3.30. The molecule has 0 aliphatic carbocycles. The van der Waals surface area contributed by atoms with Gasteiger partial charge in [-0.2, -0.15) is 4.68 Å². The van der Waals surface area contributed by atoms with Crippen molar-refractivity contribution in [3.05, 3.63) is 59.2 Å². The van der Waals surface area contributed by atoms with Crippen LogP contribution in [0.15, 0.2) is 47.6 Å². The lowest BCUT2D eigenvalue weighted by atomic mass is 10.1. The largest absolute Gasteiger partial charge is 0.490 e. The summed E-state index contributed by atoms with van der Waals surface area (Å²) < 4.78 is 12.4. The zero-order valence-electron chi connectivity index (χ0n) is 16.1. The molecule has 0 fully saturated rings. The van der Waals surface area contributed by atoms with E-state index in [4.69, 9.17) is 9.47 Å². The summed E-state index contributed by atoms with van der Waals surface area (Å²) in [6.07, 6.45) is 0. The first-order valence-electron chi connectivity index (χ1n) is 8.87. The van der Waals surface area contributed by atoms with Gasteiger partial charge in [-0.05, 0) is 66.1 Å². The number of hydrogen-bond acceptors (Lipinski definition) is 7. The molecular weight excluding hydrogens is 376 g/mol. The van der Waals surface area contributed by atoms with Crippen LogP contribution in [0.1, 0.15) is 16.7 Å². The Morgan fingerprint density at radius 2 is 1.89 bits per heavy atom. The Balaban J connectivity index is 1.48. The van der Waals surface area contributed by atoms with Crippen molar-refractivity contribution in [2.45, 2.75) is 25.9 Å². The molecule has 0 spiro atoms. The number of carbonyl (C=O) groups is 1. The van der Waals surface area contributed by atoms with E-state index in [2.05, 4.69) is 15.5 Å². The third-order valence-electron chi connectivity index (χ3n) is 3.96. The maximum absolute atomic E-state index is 12.0. The zero-order chi connectivity index (χ0) is 19.9. The van der Waals surface area contributed by atoms with Crippen molar-refractivity contribution in [3.63, 3.8) is 0 Å². The molecule has 1 heterocycles. The van der Waals surface area contributed by atoms with Crippen LogP contribution in [-0.2, 0) is 9.53 Å². The van der Waals surface area contributed by atoms with Crippen LogP contribution < -0.4 is 4.74 Å². The number of ether oxygens (including phenoxy) is 2. The Morgan fingerprint density at radius 3 is 2.71 bits per heavy atom. The zero-order valence-corrected chi connectivity index (χ0v) is 16.9. The van der Waals surface area contributed by atoms with Crippen LogP contribution in [0, 0.1) is 20.8 Å². The molecule has 7 nitrogen and oxygen atoms in total. The summed E-state index contributed by atoms with van der Waals surface area (Å²) in [7, 11) is 0. The van der Waals surface area contributed by atoms with Gasteiger partial charge in [-0.15, -0.1) is 5.10 Å². The van der Waals surface area contributed by atoms with E-state index in [1.807, 2.05) is 63.2 Å². The second-order valence-electron chi connectivity index (χ2n) is 6.34. The molecule has 0 atom stereocenters. The normalized spacial score (nSPS) is 10.7. The van der Waals surface area contributed by atoms with E-state index in [-0.39, 0.29) is 18.3 Å². The van der Waals surface area contributed by atoms with Crippen LogP contribution in [0.4, 0.5) is 0 Å². The van der Waals surface area contributed by atoms with Gasteiger partial charge in [0.1, 0.15) is 19.0 Å². The Hall–Kier alpha value is -2.87. The molecular formula is C20H22N4O3S. The minimum atomic E-state index is -0.339. The number of thioether (sulfide) groups is 1. The molecule has 0 radical (unpaired) electrons. The molecule has 0 saturated carbocycles. The van der Waals surface area contributed by atoms with Crippen molar-refractivity contribution in [2.75, 3.05) is 19.0 Å². The van der Waals surface area contributed by atoms with Gasteiger partial charge in [0.25, 0.3) is 0 Å². The summed E-state index contributed by atoms with van der Waals surface area (Å²) in [5.41, 5.74) is 4.18. The monoisotopic (exact) mass is 398 g/mol. The summed E-state index contributed by atoms with van der Waals surface area (Å²) in [6, 6.07) is 13.8. The molecule has 8 heteroatoms. The van der Waals surface area contributed by atoms with Crippen LogP contribution in [0.25, 0.3) is 5.69 Å². The fourth-order valence-corrected chi connectivity index (χ4v) is 3.23. The van der Waals surface area contributed by atoms with E-state index < -0.39 is 0 Å². The van der Waals surface area contributed by atoms with Crippen molar-refractivity contribution in [1.82, 2.24) is 20.2 Å². The fraction of sp³-hybridized carbons (Fsp3) is 0.300. The molecule has 0 aliphatic rings. The number of aryl methyl sites for hydroxylation is 3. The number of carbonyl (C=O) groups excluding carboxylic acids is 1. The molecule has 0 aliphatic heterocycles. The van der Waals surface area contributed by atoms with Crippen LogP contribution in [-0.4, -0.2) is 45.1 Å². The smallest absolute Gasteiger partial charge is 0.316 e. The SMILES string of the molecule is Cc1cccc(OCCOC(=O)CSc2nnnn2-c2cc(C)ccc2C)c1. The molecule has 0 N–H and O–H groups in total. The van der Waals surface area contributed by atoms with E-state index in [1.165, 1.54) is 11.8 Å². The number of benzene rings is 2. The highest BCUT2D eigenvalue weighted by molar-refractivity contribution is 7.99. The van der Waals surface area contributed by atoms with Gasteiger partial charge in [-0.1, -0.05) is 36.0 Å². The lowest BCUT2D eigenvalue weighted by Crippen LogP contribution is -2.14. The lowest BCUT2D eigenvalue weighted by Gasteiger charge is -2.09. The van der Waals surface area contributed by atoms with Crippen molar-refractivity contribution in [2.24, 2.45) is 0 Å². The first-order valence-corrected chi connectivity index (χ1v) is 9.85. The van der Waals surface area contributed by atoms with E-state index in [9.17, 15) is 4.79 Å². The second-order valence-corrected chi connectivity index (χ2v) is 7.28. The number of esters is 1. The van der Waals surface area contributed by atoms with Crippen LogP contribution in [0.3, 0.4) is 0 Å². The van der Waals surface area contributed by atoms with Gasteiger partial charge < -0.3 is 9.47 Å². The number of aromatic nitrogens is 4. The molecule has 3 aromatic rings. The Kier molecular flexibility index (Phi) is 6.65. The summed E-state index contributed by atoms with van der Waals surface area (Å²) in [6.45, 7) is 6.50. The maximum atomic E-state index is 12.0. The minimum Gasteiger partial charge on any atom is -0.490 e. The summed E-state index contributed by atoms with van der Waals surface area (Å²) in [5.74, 6) is 0.543. The number of nitrogens with zero attached hydrogens (tertiary/aromatic N) is 4. The molecule has 1 aromatic heterocycles. The number of rotatable bonds is 8. The van der Waals surface area contributed by atoms with Crippen molar-refractivity contribution in [3.8, 4) is 11.4 Å². The Labute approximate surface area is 168 Å². The van der Waals surface area contributed by atoms with E-state index in [0.717, 1.165) is 28.1 Å². The summed E-state index contributed by atoms with van der Waals surface area (Å²) in [5, 5.41) is 12.3. The average Bonchev–Trinajstić information content (AvgIpc) is 3.14. The van der Waals surface area contributed by atoms with E-state index in [1.54, 1.807) is 4.68 Å². The van der Waals surface area contributed by atoms with Gasteiger partial charge in [-0.25, -0.2) is 0 Å². The van der Waals surface area contributed by atoms with Crippen molar-refractivity contribution < 1.29 is 14.3 Å². The van der Waals surface area contributed by atoms with Crippen molar-refractivity contribution in [1.29, 1.82) is 0 Å². The third-order valence-corrected chi connectivity index (χ3v) is 4.85. The van der Waals surface area contributed by atoms with Gasteiger partial charge in [0, 0.05) is 0 Å². The molecule has 0 amide bonds. The summed E-state index contributed by atoms with van der Waals surface area (Å²) >= 11 is 1.24.